The molecule has 0 bridgehead atoms. The van der Waals surface area contributed by atoms with Gasteiger partial charge in [-0.3, -0.25) is 10.0 Å². The highest BCUT2D eigenvalue weighted by molar-refractivity contribution is 5.53. The van der Waals surface area contributed by atoms with Gasteiger partial charge in [0.2, 0.25) is 0 Å². The molecule has 2 N–H and O–H groups in total. The maximum atomic E-state index is 5.40. The predicted molar refractivity (Wildman–Crippen MR) is 39.9 cm³/mol. The van der Waals surface area contributed by atoms with E-state index in [-0.39, 0.29) is 6.17 Å². The lowest BCUT2D eigenvalue weighted by Gasteiger charge is -2.16. The van der Waals surface area contributed by atoms with Gasteiger partial charge in [-0.15, -0.1) is 0 Å². The van der Waals surface area contributed by atoms with Crippen molar-refractivity contribution < 1.29 is 0 Å². The molecule has 0 spiro atoms. The molecular formula is C6H13N3. The van der Waals surface area contributed by atoms with Crippen LogP contribution in [0.4, 0.5) is 0 Å². The Labute approximate surface area is 55.8 Å². The summed E-state index contributed by atoms with van der Waals surface area (Å²) < 4.78 is 0. The molecule has 9 heavy (non-hydrogen) atoms. The van der Waals surface area contributed by atoms with Crippen LogP contribution in [0.2, 0.25) is 0 Å². The van der Waals surface area contributed by atoms with Gasteiger partial charge in [-0.2, -0.15) is 0 Å². The highest BCUT2D eigenvalue weighted by Gasteiger charge is 1.97. The van der Waals surface area contributed by atoms with E-state index in [2.05, 4.69) is 11.6 Å². The van der Waals surface area contributed by atoms with Crippen molar-refractivity contribution in [1.29, 1.82) is 0 Å². The topological polar surface area (TPSA) is 41.6 Å². The Morgan fingerprint density at radius 2 is 2.33 bits per heavy atom. The van der Waals surface area contributed by atoms with E-state index in [4.69, 9.17) is 5.84 Å². The maximum Gasteiger partial charge on any atom is 0.131 e. The molecular weight excluding hydrogens is 114 g/mol. The third-order valence-electron chi connectivity index (χ3n) is 1.01. The first-order chi connectivity index (χ1) is 4.22. The minimum atomic E-state index is -0.00694. The molecule has 0 saturated heterocycles. The lowest BCUT2D eigenvalue weighted by atomic mass is 10.5. The fourth-order valence-electron chi connectivity index (χ4n) is 0.445. The number of aliphatic imine (C=N–C) groups is 1. The van der Waals surface area contributed by atoms with Crippen molar-refractivity contribution in [3.8, 4) is 0 Å². The van der Waals surface area contributed by atoms with Crippen LogP contribution >= 0.6 is 0 Å². The van der Waals surface area contributed by atoms with E-state index < -0.39 is 0 Å². The van der Waals surface area contributed by atoms with Gasteiger partial charge in [-0.1, -0.05) is 6.58 Å². The molecule has 0 radical (unpaired) electrons. The summed E-state index contributed by atoms with van der Waals surface area (Å²) in [5.74, 6) is 5.40. The van der Waals surface area contributed by atoms with Crippen LogP contribution in [-0.2, 0) is 0 Å². The van der Waals surface area contributed by atoms with Gasteiger partial charge in [0.05, 0.1) is 0 Å². The summed E-state index contributed by atoms with van der Waals surface area (Å²) in [7, 11) is 0. The van der Waals surface area contributed by atoms with Crippen molar-refractivity contribution in [1.82, 2.24) is 5.01 Å². The lowest BCUT2D eigenvalue weighted by molar-refractivity contribution is 0.314. The molecule has 0 amide bonds. The van der Waals surface area contributed by atoms with Gasteiger partial charge in [0, 0.05) is 6.20 Å². The van der Waals surface area contributed by atoms with E-state index in [0.717, 1.165) is 0 Å². The maximum absolute atomic E-state index is 5.40. The molecule has 1 unspecified atom stereocenters. The molecule has 0 aliphatic rings. The Morgan fingerprint density at radius 1 is 1.78 bits per heavy atom. The smallest absolute Gasteiger partial charge is 0.131 e. The molecule has 3 heteroatoms. The zero-order chi connectivity index (χ0) is 7.28. The van der Waals surface area contributed by atoms with Crippen LogP contribution in [0, 0.1) is 0 Å². The van der Waals surface area contributed by atoms with Crippen LogP contribution in [0.25, 0.3) is 0 Å². The van der Waals surface area contributed by atoms with E-state index in [0.29, 0.717) is 0 Å². The van der Waals surface area contributed by atoms with Gasteiger partial charge in [0.15, 0.2) is 0 Å². The van der Waals surface area contributed by atoms with E-state index in [1.54, 1.807) is 6.21 Å². The summed E-state index contributed by atoms with van der Waals surface area (Å²) in [6, 6.07) is 0. The predicted octanol–water partition coefficient (Wildman–Crippen LogP) is 0.742. The summed E-state index contributed by atoms with van der Waals surface area (Å²) in [5.41, 5.74) is 0. The first kappa shape index (κ1) is 8.17. The molecule has 0 heterocycles. The Hall–Kier alpha value is -0.830. The minimum Gasteiger partial charge on any atom is -0.295 e. The molecule has 0 fully saturated rings. The van der Waals surface area contributed by atoms with Gasteiger partial charge in [0.1, 0.15) is 6.17 Å². The largest absolute Gasteiger partial charge is 0.295 e. The minimum absolute atomic E-state index is 0.00694. The third-order valence-corrected chi connectivity index (χ3v) is 1.01. The molecule has 52 valence electrons. The summed E-state index contributed by atoms with van der Waals surface area (Å²) in [6.07, 6.45) is 3.25. The highest BCUT2D eigenvalue weighted by atomic mass is 15.4. The van der Waals surface area contributed by atoms with Crippen LogP contribution < -0.4 is 5.84 Å². The van der Waals surface area contributed by atoms with Crippen LogP contribution in [-0.4, -0.2) is 17.4 Å². The van der Waals surface area contributed by atoms with E-state index in [1.807, 2.05) is 13.8 Å². The average molecular weight is 127 g/mol. The van der Waals surface area contributed by atoms with Crippen LogP contribution in [0.15, 0.2) is 17.8 Å². The molecule has 0 rings (SSSR count). The molecule has 0 aromatic heterocycles. The van der Waals surface area contributed by atoms with Crippen molar-refractivity contribution in [2.45, 2.75) is 20.0 Å². The van der Waals surface area contributed by atoms with Crippen molar-refractivity contribution >= 4 is 6.21 Å². The Balaban J connectivity index is 3.71. The molecule has 0 saturated carbocycles. The monoisotopic (exact) mass is 127 g/mol. The molecule has 0 aliphatic heterocycles. The first-order valence-corrected chi connectivity index (χ1v) is 2.85. The molecule has 3 nitrogen and oxygen atoms in total. The van der Waals surface area contributed by atoms with Crippen molar-refractivity contribution in [2.75, 3.05) is 0 Å². The average Bonchev–Trinajstić information content (AvgIpc) is 1.87. The van der Waals surface area contributed by atoms with Crippen LogP contribution in [0.3, 0.4) is 0 Å². The number of hydrogen-bond donors (Lipinski definition) is 1. The summed E-state index contributed by atoms with van der Waals surface area (Å²) >= 11 is 0. The molecule has 0 aromatic rings. The number of rotatable bonds is 3. The standard InChI is InChI=1S/C6H13N3/c1-4-8-6(3)9(7)5-2/h4-6H,2,7H2,1,3H3/b8-4-. The molecule has 1 atom stereocenters. The van der Waals surface area contributed by atoms with Gasteiger partial charge < -0.3 is 0 Å². The van der Waals surface area contributed by atoms with E-state index in [1.165, 1.54) is 11.2 Å². The van der Waals surface area contributed by atoms with Crippen molar-refractivity contribution in [3.05, 3.63) is 12.8 Å². The summed E-state index contributed by atoms with van der Waals surface area (Å²) in [4.78, 5) is 4.00. The fraction of sp³-hybridized carbons (Fsp3) is 0.500. The Morgan fingerprint density at radius 3 is 2.67 bits per heavy atom. The molecule has 0 aliphatic carbocycles. The molecule has 0 aromatic carbocycles. The number of nitrogens with zero attached hydrogens (tertiary/aromatic N) is 2. The number of hydrogen-bond acceptors (Lipinski definition) is 3. The van der Waals surface area contributed by atoms with Crippen LogP contribution in [0.5, 0.6) is 0 Å². The lowest BCUT2D eigenvalue weighted by Crippen LogP contribution is -2.32. The Bertz CT molecular complexity index is 109. The summed E-state index contributed by atoms with van der Waals surface area (Å²) in [5, 5.41) is 1.44. The van der Waals surface area contributed by atoms with E-state index in [9.17, 15) is 0 Å². The normalized spacial score (nSPS) is 13.7. The second-order valence-electron chi connectivity index (χ2n) is 1.67. The number of hydrazine groups is 1. The zero-order valence-corrected chi connectivity index (χ0v) is 5.91. The van der Waals surface area contributed by atoms with E-state index >= 15 is 0 Å². The van der Waals surface area contributed by atoms with Crippen molar-refractivity contribution in [3.63, 3.8) is 0 Å². The second-order valence-corrected chi connectivity index (χ2v) is 1.67. The zero-order valence-electron chi connectivity index (χ0n) is 5.91. The van der Waals surface area contributed by atoms with Gasteiger partial charge in [-0.05, 0) is 20.1 Å². The van der Waals surface area contributed by atoms with Gasteiger partial charge >= 0.3 is 0 Å². The SMILES string of the molecule is C=CN(N)C(C)/N=C\C. The van der Waals surface area contributed by atoms with Gasteiger partial charge in [0.25, 0.3) is 0 Å². The van der Waals surface area contributed by atoms with Gasteiger partial charge in [-0.25, -0.2) is 5.84 Å². The fourth-order valence-corrected chi connectivity index (χ4v) is 0.445. The highest BCUT2D eigenvalue weighted by Crippen LogP contribution is 1.91. The third kappa shape index (κ3) is 2.87. The van der Waals surface area contributed by atoms with Crippen LogP contribution in [0.1, 0.15) is 13.8 Å². The first-order valence-electron chi connectivity index (χ1n) is 2.85. The second kappa shape index (κ2) is 4.09. The summed E-state index contributed by atoms with van der Waals surface area (Å²) in [6.45, 7) is 7.24. The van der Waals surface area contributed by atoms with Crippen molar-refractivity contribution in [2.24, 2.45) is 10.8 Å². The quantitative estimate of drug-likeness (QED) is 0.345. The number of nitrogens with two attached hydrogens (primary N) is 1. The Kier molecular flexibility index (Phi) is 3.71.